The Kier molecular flexibility index (Phi) is 5.01. The predicted octanol–water partition coefficient (Wildman–Crippen LogP) is 4.16. The third-order valence-electron chi connectivity index (χ3n) is 5.32. The molecule has 0 aliphatic carbocycles. The first kappa shape index (κ1) is 19.1. The summed E-state index contributed by atoms with van der Waals surface area (Å²) in [4.78, 5) is 27.2. The van der Waals surface area contributed by atoms with Crippen molar-refractivity contribution in [1.82, 2.24) is 4.57 Å². The molecule has 0 unspecified atom stereocenters. The average Bonchev–Trinajstić information content (AvgIpc) is 2.71. The summed E-state index contributed by atoms with van der Waals surface area (Å²) in [5, 5.41) is 0. The quantitative estimate of drug-likeness (QED) is 0.670. The number of benzene rings is 2. The van der Waals surface area contributed by atoms with Crippen molar-refractivity contribution in [2.45, 2.75) is 32.4 Å². The minimum Gasteiger partial charge on any atom is -0.310 e. The van der Waals surface area contributed by atoms with Crippen molar-refractivity contribution >= 4 is 11.6 Å². The maximum atomic E-state index is 14.0. The molecule has 29 heavy (non-hydrogen) atoms. The van der Waals surface area contributed by atoms with Gasteiger partial charge < -0.3 is 9.47 Å². The first-order valence-electron chi connectivity index (χ1n) is 9.50. The van der Waals surface area contributed by atoms with E-state index in [1.54, 1.807) is 29.2 Å². The second kappa shape index (κ2) is 7.62. The van der Waals surface area contributed by atoms with Crippen LogP contribution in [0.1, 0.15) is 34.8 Å². The Bertz CT molecular complexity index is 1140. The van der Waals surface area contributed by atoms with E-state index in [9.17, 15) is 18.4 Å². The van der Waals surface area contributed by atoms with Crippen LogP contribution >= 0.6 is 0 Å². The number of amides is 1. The van der Waals surface area contributed by atoms with Crippen LogP contribution in [0.5, 0.6) is 0 Å². The molecule has 148 valence electrons. The van der Waals surface area contributed by atoms with Gasteiger partial charge in [-0.15, -0.1) is 0 Å². The van der Waals surface area contributed by atoms with Crippen LogP contribution in [0, 0.1) is 11.6 Å². The highest BCUT2D eigenvalue weighted by atomic mass is 19.1. The SMILES string of the molecule is C[C@@H]1CCc2cc(F)ccc2N1C(=O)c1ccc(=O)n(Cc2ccccc2F)c1. The maximum absolute atomic E-state index is 14.0. The fraction of sp³-hybridized carbons (Fsp3) is 0.217. The molecule has 4 rings (SSSR count). The molecule has 1 aromatic heterocycles. The number of aryl methyl sites for hydroxylation is 1. The molecule has 2 heterocycles. The summed E-state index contributed by atoms with van der Waals surface area (Å²) in [5.74, 6) is -1.01. The zero-order valence-corrected chi connectivity index (χ0v) is 15.9. The van der Waals surface area contributed by atoms with Crippen LogP contribution < -0.4 is 10.5 Å². The second-order valence-corrected chi connectivity index (χ2v) is 7.31. The van der Waals surface area contributed by atoms with Gasteiger partial charge in [-0.3, -0.25) is 9.59 Å². The van der Waals surface area contributed by atoms with Gasteiger partial charge in [0.2, 0.25) is 0 Å². The molecule has 2 aromatic carbocycles. The van der Waals surface area contributed by atoms with E-state index in [4.69, 9.17) is 0 Å². The lowest BCUT2D eigenvalue weighted by Gasteiger charge is -2.35. The first-order chi connectivity index (χ1) is 13.9. The molecule has 1 atom stereocenters. The molecule has 1 aliphatic rings. The van der Waals surface area contributed by atoms with Crippen LogP contribution in [-0.4, -0.2) is 16.5 Å². The number of hydrogen-bond acceptors (Lipinski definition) is 2. The molecule has 3 aromatic rings. The highest BCUT2D eigenvalue weighted by molar-refractivity contribution is 6.07. The van der Waals surface area contributed by atoms with Gasteiger partial charge >= 0.3 is 0 Å². The molecule has 0 N–H and O–H groups in total. The summed E-state index contributed by atoms with van der Waals surface area (Å²) in [6, 6.07) is 13.4. The van der Waals surface area contributed by atoms with E-state index in [2.05, 4.69) is 0 Å². The summed E-state index contributed by atoms with van der Waals surface area (Å²) in [7, 11) is 0. The summed E-state index contributed by atoms with van der Waals surface area (Å²) < 4.78 is 28.9. The number of carbonyl (C=O) groups is 1. The van der Waals surface area contributed by atoms with Crippen LogP contribution in [0.15, 0.2) is 65.6 Å². The maximum Gasteiger partial charge on any atom is 0.260 e. The van der Waals surface area contributed by atoms with Gasteiger partial charge in [-0.1, -0.05) is 18.2 Å². The predicted molar refractivity (Wildman–Crippen MR) is 107 cm³/mol. The fourth-order valence-electron chi connectivity index (χ4n) is 3.76. The Labute approximate surface area is 167 Å². The van der Waals surface area contributed by atoms with Crippen molar-refractivity contribution in [3.05, 3.63) is 99.5 Å². The topological polar surface area (TPSA) is 42.3 Å². The third kappa shape index (κ3) is 3.70. The molecule has 6 heteroatoms. The largest absolute Gasteiger partial charge is 0.310 e. The number of carbonyl (C=O) groups excluding carboxylic acids is 1. The van der Waals surface area contributed by atoms with Gasteiger partial charge in [-0.2, -0.15) is 0 Å². The molecule has 4 nitrogen and oxygen atoms in total. The second-order valence-electron chi connectivity index (χ2n) is 7.31. The number of halogens is 2. The van der Waals surface area contributed by atoms with E-state index in [1.807, 2.05) is 6.92 Å². The molecule has 0 fully saturated rings. The standard InChI is InChI=1S/C23H20F2N2O2/c1-15-6-7-16-12-19(24)9-10-21(16)27(15)23(29)18-8-11-22(28)26(14-18)13-17-4-2-3-5-20(17)25/h2-5,8-12,14-15H,6-7,13H2,1H3/t15-/m1/s1. The monoisotopic (exact) mass is 394 g/mol. The summed E-state index contributed by atoms with van der Waals surface area (Å²) in [6.45, 7) is 1.98. The Morgan fingerprint density at radius 1 is 1.10 bits per heavy atom. The highest BCUT2D eigenvalue weighted by Gasteiger charge is 2.29. The lowest BCUT2D eigenvalue weighted by Crippen LogP contribution is -2.42. The summed E-state index contributed by atoms with van der Waals surface area (Å²) in [6.07, 6.45) is 2.88. The smallest absolute Gasteiger partial charge is 0.260 e. The average molecular weight is 394 g/mol. The lowest BCUT2D eigenvalue weighted by atomic mass is 9.95. The van der Waals surface area contributed by atoms with Gasteiger partial charge in [0.1, 0.15) is 11.6 Å². The van der Waals surface area contributed by atoms with E-state index in [0.717, 1.165) is 12.0 Å². The number of aromatic nitrogens is 1. The van der Waals surface area contributed by atoms with Gasteiger partial charge in [-0.05, 0) is 55.7 Å². The molecule has 0 spiro atoms. The van der Waals surface area contributed by atoms with Crippen molar-refractivity contribution in [2.75, 3.05) is 4.90 Å². The molecular weight excluding hydrogens is 374 g/mol. The number of anilines is 1. The van der Waals surface area contributed by atoms with Crippen LogP contribution in [0.2, 0.25) is 0 Å². The molecule has 0 radical (unpaired) electrons. The normalized spacial score (nSPS) is 15.8. The van der Waals surface area contributed by atoms with E-state index in [0.29, 0.717) is 23.2 Å². The molecule has 1 amide bonds. The van der Waals surface area contributed by atoms with Crippen molar-refractivity contribution in [2.24, 2.45) is 0 Å². The Morgan fingerprint density at radius 3 is 2.69 bits per heavy atom. The Balaban J connectivity index is 1.70. The number of rotatable bonds is 3. The zero-order valence-electron chi connectivity index (χ0n) is 15.9. The lowest BCUT2D eigenvalue weighted by molar-refractivity contribution is 0.0974. The van der Waals surface area contributed by atoms with Crippen molar-refractivity contribution in [3.63, 3.8) is 0 Å². The van der Waals surface area contributed by atoms with Crippen LogP contribution in [-0.2, 0) is 13.0 Å². The van der Waals surface area contributed by atoms with Gasteiger partial charge in [0, 0.05) is 29.6 Å². The Morgan fingerprint density at radius 2 is 1.90 bits per heavy atom. The zero-order chi connectivity index (χ0) is 20.5. The van der Waals surface area contributed by atoms with Crippen LogP contribution in [0.25, 0.3) is 0 Å². The summed E-state index contributed by atoms with van der Waals surface area (Å²) >= 11 is 0. The van der Waals surface area contributed by atoms with Crippen molar-refractivity contribution in [1.29, 1.82) is 0 Å². The Hall–Kier alpha value is -3.28. The van der Waals surface area contributed by atoms with Crippen LogP contribution in [0.4, 0.5) is 14.5 Å². The van der Waals surface area contributed by atoms with Crippen LogP contribution in [0.3, 0.4) is 0 Å². The number of nitrogens with zero attached hydrogens (tertiary/aromatic N) is 2. The fourth-order valence-corrected chi connectivity index (χ4v) is 3.76. The van der Waals surface area contributed by atoms with E-state index in [1.165, 1.54) is 41.1 Å². The number of pyridine rings is 1. The van der Waals surface area contributed by atoms with Gasteiger partial charge in [-0.25, -0.2) is 8.78 Å². The first-order valence-corrected chi connectivity index (χ1v) is 9.50. The van der Waals surface area contributed by atoms with E-state index >= 15 is 0 Å². The van der Waals surface area contributed by atoms with Crippen molar-refractivity contribution in [3.8, 4) is 0 Å². The van der Waals surface area contributed by atoms with Gasteiger partial charge in [0.25, 0.3) is 11.5 Å². The third-order valence-corrected chi connectivity index (χ3v) is 5.32. The molecule has 1 aliphatic heterocycles. The van der Waals surface area contributed by atoms with Crippen molar-refractivity contribution < 1.29 is 13.6 Å². The molecule has 0 saturated carbocycles. The summed E-state index contributed by atoms with van der Waals surface area (Å²) in [5.41, 5.74) is 1.84. The molecular formula is C23H20F2N2O2. The van der Waals surface area contributed by atoms with E-state index in [-0.39, 0.29) is 29.9 Å². The molecule has 0 bridgehead atoms. The highest BCUT2D eigenvalue weighted by Crippen LogP contribution is 2.32. The minimum atomic E-state index is -0.406. The number of hydrogen-bond donors (Lipinski definition) is 0. The molecule has 0 saturated heterocycles. The van der Waals surface area contributed by atoms with E-state index < -0.39 is 5.82 Å². The van der Waals surface area contributed by atoms with Gasteiger partial charge in [0.05, 0.1) is 12.1 Å². The minimum absolute atomic E-state index is 0.0317. The number of fused-ring (bicyclic) bond motifs is 1. The van der Waals surface area contributed by atoms with Gasteiger partial charge in [0.15, 0.2) is 0 Å².